The second-order valence-corrected chi connectivity index (χ2v) is 8.56. The zero-order chi connectivity index (χ0) is 19.4. The van der Waals surface area contributed by atoms with E-state index in [1.165, 1.54) is 6.07 Å². The van der Waals surface area contributed by atoms with Gasteiger partial charge in [-0.25, -0.2) is 18.1 Å². The van der Waals surface area contributed by atoms with Crippen molar-refractivity contribution in [3.05, 3.63) is 40.7 Å². The molecule has 7 nitrogen and oxygen atoms in total. The molecule has 0 spiro atoms. The Hall–Kier alpha value is -1.90. The van der Waals surface area contributed by atoms with E-state index in [2.05, 4.69) is 19.6 Å². The molecule has 1 aromatic heterocycles. The first-order valence-corrected chi connectivity index (χ1v) is 10.7. The molecule has 2 aromatic rings. The molecule has 27 heavy (non-hydrogen) atoms. The number of halogens is 1. The number of hydrogen-bond acceptors (Lipinski definition) is 6. The molecule has 0 radical (unpaired) electrons. The maximum atomic E-state index is 12.4. The predicted octanol–water partition coefficient (Wildman–Crippen LogP) is 2.70. The van der Waals surface area contributed by atoms with Crippen LogP contribution in [-0.2, 0) is 10.0 Å². The number of nitrogens with zero attached hydrogens (tertiary/aromatic N) is 3. The summed E-state index contributed by atoms with van der Waals surface area (Å²) in [6.45, 7) is 5.74. The van der Waals surface area contributed by atoms with Gasteiger partial charge in [0.15, 0.2) is 0 Å². The van der Waals surface area contributed by atoms with Gasteiger partial charge in [-0.2, -0.15) is 4.98 Å². The van der Waals surface area contributed by atoms with Crippen LogP contribution in [0.1, 0.15) is 24.2 Å². The molecule has 0 unspecified atom stereocenters. The molecule has 3 rings (SSSR count). The van der Waals surface area contributed by atoms with Crippen molar-refractivity contribution in [3.8, 4) is 5.88 Å². The Morgan fingerprint density at radius 2 is 1.96 bits per heavy atom. The Bertz CT molecular complexity index is 915. The number of nitrogens with one attached hydrogen (secondary N) is 1. The molecule has 9 heteroatoms. The van der Waals surface area contributed by atoms with Crippen molar-refractivity contribution < 1.29 is 13.2 Å². The lowest BCUT2D eigenvalue weighted by Crippen LogP contribution is -2.29. The van der Waals surface area contributed by atoms with Crippen molar-refractivity contribution >= 4 is 27.4 Å². The normalized spacial score (nSPS) is 14.6. The average molecular weight is 411 g/mol. The van der Waals surface area contributed by atoms with Crippen molar-refractivity contribution in [1.29, 1.82) is 0 Å². The Labute approximate surface area is 164 Å². The first kappa shape index (κ1) is 19.9. The third-order valence-corrected chi connectivity index (χ3v) is 6.40. The number of ether oxygens (including phenoxy) is 1. The van der Waals surface area contributed by atoms with E-state index in [9.17, 15) is 8.42 Å². The summed E-state index contributed by atoms with van der Waals surface area (Å²) in [6, 6.07) is 6.60. The third-order valence-electron chi connectivity index (χ3n) is 4.38. The molecule has 1 aromatic carbocycles. The summed E-state index contributed by atoms with van der Waals surface area (Å²) in [4.78, 5) is 11.1. The summed E-state index contributed by atoms with van der Waals surface area (Å²) in [5, 5.41) is 0.417. The van der Waals surface area contributed by atoms with Crippen LogP contribution in [0.25, 0.3) is 0 Å². The van der Waals surface area contributed by atoms with Gasteiger partial charge in [-0.15, -0.1) is 0 Å². The minimum absolute atomic E-state index is 0.121. The van der Waals surface area contributed by atoms with Gasteiger partial charge in [0.2, 0.25) is 15.9 Å². The minimum atomic E-state index is -3.65. The monoisotopic (exact) mass is 410 g/mol. The highest BCUT2D eigenvalue weighted by atomic mass is 35.5. The molecule has 146 valence electrons. The van der Waals surface area contributed by atoms with Crippen molar-refractivity contribution in [3.63, 3.8) is 0 Å². The zero-order valence-electron chi connectivity index (χ0n) is 15.4. The quantitative estimate of drug-likeness (QED) is 0.706. The Morgan fingerprint density at radius 3 is 2.70 bits per heavy atom. The Balaban J connectivity index is 1.59. The fourth-order valence-corrected chi connectivity index (χ4v) is 4.50. The standard InChI is InChI=1S/C18H23ClN4O3S/c1-13-15(19)6-5-7-16(13)27(24,25)20-8-11-26-18-12-17(21-14(2)22-18)23-9-3-4-10-23/h5-7,12,20H,3-4,8-11H2,1-2H3. The van der Waals surface area contributed by atoms with E-state index in [1.54, 1.807) is 25.1 Å². The smallest absolute Gasteiger partial charge is 0.240 e. The van der Waals surface area contributed by atoms with E-state index >= 15 is 0 Å². The lowest BCUT2D eigenvalue weighted by atomic mass is 10.2. The minimum Gasteiger partial charge on any atom is -0.476 e. The van der Waals surface area contributed by atoms with E-state index in [4.69, 9.17) is 16.3 Å². The van der Waals surface area contributed by atoms with E-state index < -0.39 is 10.0 Å². The maximum absolute atomic E-state index is 12.4. The highest BCUT2D eigenvalue weighted by molar-refractivity contribution is 7.89. The van der Waals surface area contributed by atoms with Gasteiger partial charge in [-0.05, 0) is 44.4 Å². The number of hydrogen-bond donors (Lipinski definition) is 1. The highest BCUT2D eigenvalue weighted by Crippen LogP contribution is 2.23. The fraction of sp³-hybridized carbons (Fsp3) is 0.444. The number of anilines is 1. The molecule has 1 aliphatic heterocycles. The Kier molecular flexibility index (Phi) is 6.18. The summed E-state index contributed by atoms with van der Waals surface area (Å²) in [7, 11) is -3.65. The molecule has 1 fully saturated rings. The van der Waals surface area contributed by atoms with Crippen LogP contribution in [0.2, 0.25) is 5.02 Å². The molecule has 1 N–H and O–H groups in total. The molecular weight excluding hydrogens is 388 g/mol. The van der Waals surface area contributed by atoms with Gasteiger partial charge in [0.05, 0.1) is 4.90 Å². The summed E-state index contributed by atoms with van der Waals surface area (Å²) in [6.07, 6.45) is 2.31. The van der Waals surface area contributed by atoms with Crippen LogP contribution in [0.3, 0.4) is 0 Å². The molecule has 1 aliphatic rings. The van der Waals surface area contributed by atoms with E-state index in [0.717, 1.165) is 31.7 Å². The second kappa shape index (κ2) is 8.41. The van der Waals surface area contributed by atoms with Gasteiger partial charge in [-0.1, -0.05) is 17.7 Å². The van der Waals surface area contributed by atoms with Crippen LogP contribution in [0, 0.1) is 13.8 Å². The third kappa shape index (κ3) is 4.88. The van der Waals surface area contributed by atoms with E-state index in [0.29, 0.717) is 22.3 Å². The molecule has 1 saturated heterocycles. The van der Waals surface area contributed by atoms with Crippen molar-refractivity contribution in [2.75, 3.05) is 31.1 Å². The number of sulfonamides is 1. The fourth-order valence-electron chi connectivity index (χ4n) is 3.00. The van der Waals surface area contributed by atoms with Crippen LogP contribution < -0.4 is 14.4 Å². The first-order chi connectivity index (χ1) is 12.9. The highest BCUT2D eigenvalue weighted by Gasteiger charge is 2.18. The molecule has 0 amide bonds. The lowest BCUT2D eigenvalue weighted by molar-refractivity contribution is 0.309. The van der Waals surface area contributed by atoms with Crippen LogP contribution in [-0.4, -0.2) is 44.6 Å². The largest absolute Gasteiger partial charge is 0.476 e. The number of rotatable bonds is 7. The summed E-state index contributed by atoms with van der Waals surface area (Å²) in [5.41, 5.74) is 0.522. The van der Waals surface area contributed by atoms with Gasteiger partial charge in [0, 0.05) is 30.7 Å². The van der Waals surface area contributed by atoms with Crippen LogP contribution in [0.5, 0.6) is 5.88 Å². The SMILES string of the molecule is Cc1nc(OCCNS(=O)(=O)c2cccc(Cl)c2C)cc(N2CCCC2)n1. The van der Waals surface area contributed by atoms with Gasteiger partial charge in [0.1, 0.15) is 18.2 Å². The van der Waals surface area contributed by atoms with Gasteiger partial charge < -0.3 is 9.64 Å². The van der Waals surface area contributed by atoms with Crippen molar-refractivity contribution in [2.24, 2.45) is 0 Å². The molecule has 0 atom stereocenters. The molecule has 2 heterocycles. The average Bonchev–Trinajstić information content (AvgIpc) is 3.15. The van der Waals surface area contributed by atoms with Gasteiger partial charge in [0.25, 0.3) is 0 Å². The summed E-state index contributed by atoms with van der Waals surface area (Å²) in [5.74, 6) is 1.93. The predicted molar refractivity (Wildman–Crippen MR) is 105 cm³/mol. The van der Waals surface area contributed by atoms with Crippen LogP contribution in [0.4, 0.5) is 5.82 Å². The van der Waals surface area contributed by atoms with Crippen molar-refractivity contribution in [2.45, 2.75) is 31.6 Å². The van der Waals surface area contributed by atoms with Crippen molar-refractivity contribution in [1.82, 2.24) is 14.7 Å². The van der Waals surface area contributed by atoms with E-state index in [1.807, 2.05) is 6.92 Å². The lowest BCUT2D eigenvalue weighted by Gasteiger charge is -2.17. The van der Waals surface area contributed by atoms with Crippen LogP contribution in [0.15, 0.2) is 29.2 Å². The summed E-state index contributed by atoms with van der Waals surface area (Å²) >= 11 is 6.01. The topological polar surface area (TPSA) is 84.4 Å². The molecule has 0 aliphatic carbocycles. The molecule has 0 saturated carbocycles. The number of benzene rings is 1. The second-order valence-electron chi connectivity index (χ2n) is 6.41. The Morgan fingerprint density at radius 1 is 1.22 bits per heavy atom. The van der Waals surface area contributed by atoms with Crippen LogP contribution >= 0.6 is 11.6 Å². The molecular formula is C18H23ClN4O3S. The van der Waals surface area contributed by atoms with Gasteiger partial charge in [-0.3, -0.25) is 0 Å². The molecule has 0 bridgehead atoms. The summed E-state index contributed by atoms with van der Waals surface area (Å²) < 4.78 is 33.1. The zero-order valence-corrected chi connectivity index (χ0v) is 17.0. The van der Waals surface area contributed by atoms with Gasteiger partial charge >= 0.3 is 0 Å². The first-order valence-electron chi connectivity index (χ1n) is 8.85. The van der Waals surface area contributed by atoms with E-state index in [-0.39, 0.29) is 18.0 Å². The maximum Gasteiger partial charge on any atom is 0.240 e. The number of aromatic nitrogens is 2. The number of aryl methyl sites for hydroxylation is 1.